The van der Waals surface area contributed by atoms with Crippen molar-refractivity contribution in [1.29, 1.82) is 0 Å². The van der Waals surface area contributed by atoms with Gasteiger partial charge in [0.1, 0.15) is 11.3 Å². The van der Waals surface area contributed by atoms with Crippen molar-refractivity contribution in [2.75, 3.05) is 11.5 Å². The van der Waals surface area contributed by atoms with E-state index in [1.807, 2.05) is 37.3 Å². The molecule has 7 heteroatoms. The summed E-state index contributed by atoms with van der Waals surface area (Å²) in [7, 11) is 0. The van der Waals surface area contributed by atoms with E-state index in [1.165, 1.54) is 17.7 Å². The molecule has 0 saturated heterocycles. The van der Waals surface area contributed by atoms with Gasteiger partial charge in [-0.05, 0) is 49.2 Å². The van der Waals surface area contributed by atoms with Crippen LogP contribution in [0.1, 0.15) is 65.9 Å². The molecule has 0 aliphatic carbocycles. The quantitative estimate of drug-likeness (QED) is 0.312. The fourth-order valence-corrected chi connectivity index (χ4v) is 4.49. The summed E-state index contributed by atoms with van der Waals surface area (Å²) in [6.45, 7) is 4.75. The van der Waals surface area contributed by atoms with Crippen LogP contribution in [-0.2, 0) is 0 Å². The first kappa shape index (κ1) is 22.8. The normalized spacial score (nSPS) is 15.0. The topological polar surface area (TPSA) is 85.5 Å². The van der Waals surface area contributed by atoms with Crippen molar-refractivity contribution < 1.29 is 13.9 Å². The van der Waals surface area contributed by atoms with Crippen LogP contribution in [0, 0.1) is 6.92 Å². The highest BCUT2D eigenvalue weighted by atomic mass is 16.5. The number of aryl methyl sites for hydroxylation is 1. The van der Waals surface area contributed by atoms with E-state index < -0.39 is 11.9 Å². The summed E-state index contributed by atoms with van der Waals surface area (Å²) in [6.07, 6.45) is 7.67. The van der Waals surface area contributed by atoms with Gasteiger partial charge in [0.2, 0.25) is 11.7 Å². The average molecular weight is 470 g/mol. The molecule has 35 heavy (non-hydrogen) atoms. The predicted molar refractivity (Wildman–Crippen MR) is 134 cm³/mol. The van der Waals surface area contributed by atoms with E-state index in [9.17, 15) is 9.59 Å². The van der Waals surface area contributed by atoms with Gasteiger partial charge in [-0.1, -0.05) is 49.9 Å². The summed E-state index contributed by atoms with van der Waals surface area (Å²) in [4.78, 5) is 37.2. The summed E-state index contributed by atoms with van der Waals surface area (Å²) in [5, 5.41) is 0.449. The van der Waals surface area contributed by atoms with E-state index in [4.69, 9.17) is 9.15 Å². The average Bonchev–Trinajstić information content (AvgIpc) is 3.18. The molecule has 3 heterocycles. The molecule has 5 rings (SSSR count). The zero-order valence-electron chi connectivity index (χ0n) is 19.9. The first-order valence-electron chi connectivity index (χ1n) is 12.0. The number of aromatic nitrogens is 2. The van der Waals surface area contributed by atoms with E-state index in [-0.39, 0.29) is 17.1 Å². The van der Waals surface area contributed by atoms with Crippen LogP contribution in [0.25, 0.3) is 11.0 Å². The molecule has 1 atom stereocenters. The van der Waals surface area contributed by atoms with E-state index in [0.29, 0.717) is 23.1 Å². The van der Waals surface area contributed by atoms with Gasteiger partial charge in [0.15, 0.2) is 5.43 Å². The molecular formula is C28H27N3O4. The summed E-state index contributed by atoms with van der Waals surface area (Å²) >= 11 is 0. The van der Waals surface area contributed by atoms with E-state index in [2.05, 4.69) is 16.9 Å². The SMILES string of the molecule is CCCCCCOc1ccc(C2c3c(oc4ccc(C)cc4c3=O)C(=O)N2c2ncccn2)cc1. The van der Waals surface area contributed by atoms with Crippen LogP contribution < -0.4 is 15.1 Å². The number of ether oxygens (including phenoxy) is 1. The van der Waals surface area contributed by atoms with Crippen LogP contribution in [0.2, 0.25) is 0 Å². The molecule has 0 saturated carbocycles. The lowest BCUT2D eigenvalue weighted by Crippen LogP contribution is -2.31. The summed E-state index contributed by atoms with van der Waals surface area (Å²) in [6, 6.07) is 13.8. The molecule has 1 aliphatic heterocycles. The zero-order valence-corrected chi connectivity index (χ0v) is 19.9. The Bertz CT molecular complexity index is 1410. The monoisotopic (exact) mass is 469 g/mol. The van der Waals surface area contributed by atoms with Gasteiger partial charge in [-0.15, -0.1) is 0 Å². The number of hydrogen-bond donors (Lipinski definition) is 0. The molecule has 0 N–H and O–H groups in total. The molecule has 4 aromatic rings. The van der Waals surface area contributed by atoms with Gasteiger partial charge < -0.3 is 9.15 Å². The molecule has 0 spiro atoms. The largest absolute Gasteiger partial charge is 0.494 e. The van der Waals surface area contributed by atoms with Crippen molar-refractivity contribution in [2.24, 2.45) is 0 Å². The Kier molecular flexibility index (Phi) is 6.31. The van der Waals surface area contributed by atoms with E-state index in [1.54, 1.807) is 30.6 Å². The van der Waals surface area contributed by atoms with Crippen LogP contribution in [0.3, 0.4) is 0 Å². The van der Waals surface area contributed by atoms with Crippen molar-refractivity contribution >= 4 is 22.8 Å². The molecule has 0 bridgehead atoms. The highest BCUT2D eigenvalue weighted by Crippen LogP contribution is 2.40. The van der Waals surface area contributed by atoms with E-state index >= 15 is 0 Å². The summed E-state index contributed by atoms with van der Waals surface area (Å²) in [5.74, 6) is 0.551. The number of anilines is 1. The lowest BCUT2D eigenvalue weighted by atomic mass is 9.98. The number of carbonyl (C=O) groups is 1. The second-order valence-electron chi connectivity index (χ2n) is 8.78. The minimum atomic E-state index is -0.709. The molecule has 1 unspecified atom stereocenters. The number of carbonyl (C=O) groups excluding carboxylic acids is 1. The third kappa shape index (κ3) is 4.30. The van der Waals surface area contributed by atoms with Gasteiger partial charge in [-0.3, -0.25) is 14.5 Å². The first-order chi connectivity index (χ1) is 17.1. The van der Waals surface area contributed by atoms with Crippen LogP contribution >= 0.6 is 0 Å². The summed E-state index contributed by atoms with van der Waals surface area (Å²) < 4.78 is 11.9. The lowest BCUT2D eigenvalue weighted by molar-refractivity contribution is 0.0969. The summed E-state index contributed by atoms with van der Waals surface area (Å²) in [5.41, 5.74) is 2.15. The van der Waals surface area contributed by atoms with Crippen molar-refractivity contribution in [2.45, 2.75) is 45.6 Å². The van der Waals surface area contributed by atoms with Gasteiger partial charge in [0.05, 0.1) is 23.6 Å². The molecule has 1 amide bonds. The van der Waals surface area contributed by atoms with Gasteiger partial charge in [0.25, 0.3) is 5.91 Å². The second-order valence-corrected chi connectivity index (χ2v) is 8.78. The predicted octanol–water partition coefficient (Wildman–Crippen LogP) is 5.60. The molecule has 1 aliphatic rings. The van der Waals surface area contributed by atoms with Crippen LogP contribution in [0.15, 0.2) is 70.1 Å². The number of rotatable bonds is 8. The lowest BCUT2D eigenvalue weighted by Gasteiger charge is -2.23. The van der Waals surface area contributed by atoms with Gasteiger partial charge in [-0.2, -0.15) is 0 Å². The number of unbranched alkanes of at least 4 members (excludes halogenated alkanes) is 3. The Labute approximate surface area is 203 Å². The van der Waals surface area contributed by atoms with Crippen molar-refractivity contribution in [1.82, 2.24) is 9.97 Å². The van der Waals surface area contributed by atoms with Crippen LogP contribution in [0.5, 0.6) is 5.75 Å². The minimum absolute atomic E-state index is 0.0278. The second kappa shape index (κ2) is 9.70. The number of amides is 1. The van der Waals surface area contributed by atoms with Crippen molar-refractivity contribution in [3.8, 4) is 5.75 Å². The number of benzene rings is 2. The molecule has 0 radical (unpaired) electrons. The Balaban J connectivity index is 1.56. The Morgan fingerprint density at radius 1 is 1.00 bits per heavy atom. The number of nitrogens with zero attached hydrogens (tertiary/aromatic N) is 3. The molecular weight excluding hydrogens is 442 g/mol. The van der Waals surface area contributed by atoms with E-state index in [0.717, 1.165) is 29.7 Å². The van der Waals surface area contributed by atoms with Crippen LogP contribution in [0.4, 0.5) is 5.95 Å². The maximum absolute atomic E-state index is 13.7. The van der Waals surface area contributed by atoms with Gasteiger partial charge in [-0.25, -0.2) is 9.97 Å². The number of fused-ring (bicyclic) bond motifs is 2. The highest BCUT2D eigenvalue weighted by Gasteiger charge is 2.44. The smallest absolute Gasteiger partial charge is 0.297 e. The molecule has 7 nitrogen and oxygen atoms in total. The Hall–Kier alpha value is -4.00. The molecule has 2 aromatic heterocycles. The maximum atomic E-state index is 13.7. The fourth-order valence-electron chi connectivity index (χ4n) is 4.49. The third-order valence-corrected chi connectivity index (χ3v) is 6.26. The van der Waals surface area contributed by atoms with Crippen molar-refractivity contribution in [3.05, 3.63) is 93.6 Å². The van der Waals surface area contributed by atoms with Gasteiger partial charge in [0, 0.05) is 12.4 Å². The fraction of sp³-hybridized carbons (Fsp3) is 0.286. The van der Waals surface area contributed by atoms with Crippen molar-refractivity contribution in [3.63, 3.8) is 0 Å². The molecule has 178 valence electrons. The van der Waals surface area contributed by atoms with Gasteiger partial charge >= 0.3 is 0 Å². The first-order valence-corrected chi connectivity index (χ1v) is 12.0. The number of hydrogen-bond acceptors (Lipinski definition) is 6. The Morgan fingerprint density at radius 2 is 1.77 bits per heavy atom. The standard InChI is InChI=1S/C28H27N3O4/c1-3-4-5-6-16-34-20-11-9-19(10-12-20)24-23-25(32)21-17-18(2)8-13-22(21)35-26(23)27(33)31(24)28-29-14-7-15-30-28/h7-15,17,24H,3-6,16H2,1-2H3. The maximum Gasteiger partial charge on any atom is 0.297 e. The Morgan fingerprint density at radius 3 is 2.51 bits per heavy atom. The zero-order chi connectivity index (χ0) is 24.4. The third-order valence-electron chi connectivity index (χ3n) is 6.26. The van der Waals surface area contributed by atoms with Crippen LogP contribution in [-0.4, -0.2) is 22.5 Å². The molecule has 0 fully saturated rings. The minimum Gasteiger partial charge on any atom is -0.494 e. The molecule has 2 aromatic carbocycles. The highest BCUT2D eigenvalue weighted by molar-refractivity contribution is 6.09.